The van der Waals surface area contributed by atoms with Crippen molar-refractivity contribution in [2.75, 3.05) is 16.8 Å². The van der Waals surface area contributed by atoms with Crippen molar-refractivity contribution in [1.82, 2.24) is 0 Å². The normalized spacial score (nSPS) is 14.0. The molecule has 0 atom stereocenters. The molecule has 1 fully saturated rings. The summed E-state index contributed by atoms with van der Waals surface area (Å²) in [5, 5.41) is 12.4. The molecule has 2 N–H and O–H groups in total. The monoisotopic (exact) mass is 342 g/mol. The number of phenolic OH excluding ortho intramolecular Hbond substituents is 1. The number of aromatic hydroxyl groups is 1. The number of nitrogens with zero attached hydrogens (tertiary/aromatic N) is 1. The molecule has 25 heavy (non-hydrogen) atoms. The summed E-state index contributed by atoms with van der Waals surface area (Å²) in [6.45, 7) is 0.487. The van der Waals surface area contributed by atoms with Gasteiger partial charge in [0.1, 0.15) is 11.6 Å². The van der Waals surface area contributed by atoms with E-state index in [1.807, 2.05) is 0 Å². The summed E-state index contributed by atoms with van der Waals surface area (Å²) in [7, 11) is 0. The lowest BCUT2D eigenvalue weighted by atomic mass is 10.1. The number of carbonyl (C=O) groups excluding carboxylic acids is 2. The highest BCUT2D eigenvalue weighted by atomic mass is 19.1. The Morgan fingerprint density at radius 2 is 2.04 bits per heavy atom. The predicted molar refractivity (Wildman–Crippen MR) is 93.0 cm³/mol. The zero-order chi connectivity index (χ0) is 17.8. The van der Waals surface area contributed by atoms with Gasteiger partial charge in [-0.1, -0.05) is 18.2 Å². The van der Waals surface area contributed by atoms with Crippen LogP contribution in [0.15, 0.2) is 42.5 Å². The van der Waals surface area contributed by atoms with Crippen molar-refractivity contribution in [3.05, 3.63) is 53.8 Å². The fourth-order valence-corrected chi connectivity index (χ4v) is 2.89. The highest BCUT2D eigenvalue weighted by molar-refractivity contribution is 5.97. The van der Waals surface area contributed by atoms with E-state index in [-0.39, 0.29) is 29.7 Å². The molecule has 3 rings (SSSR count). The molecule has 2 aromatic carbocycles. The second-order valence-electron chi connectivity index (χ2n) is 5.99. The Hall–Kier alpha value is -2.89. The molecule has 130 valence electrons. The molecular formula is C19H19FN2O3. The molecule has 6 heteroatoms. The summed E-state index contributed by atoms with van der Waals surface area (Å²) in [6, 6.07) is 11.1. The van der Waals surface area contributed by atoms with Crippen LogP contribution >= 0.6 is 0 Å². The van der Waals surface area contributed by atoms with Gasteiger partial charge in [-0.05, 0) is 42.7 Å². The predicted octanol–water partition coefficient (Wildman–Crippen LogP) is 3.23. The van der Waals surface area contributed by atoms with Crippen molar-refractivity contribution in [2.24, 2.45) is 0 Å². The molecule has 2 amide bonds. The quantitative estimate of drug-likeness (QED) is 0.876. The minimum absolute atomic E-state index is 0.109. The van der Waals surface area contributed by atoms with Crippen LogP contribution in [0.1, 0.15) is 24.8 Å². The van der Waals surface area contributed by atoms with Crippen LogP contribution < -0.4 is 10.2 Å². The van der Waals surface area contributed by atoms with Crippen LogP contribution in [0.25, 0.3) is 0 Å². The smallest absolute Gasteiger partial charge is 0.227 e. The molecule has 0 aliphatic carbocycles. The lowest BCUT2D eigenvalue weighted by Crippen LogP contribution is -2.25. The number of phenols is 1. The summed E-state index contributed by atoms with van der Waals surface area (Å²) in [4.78, 5) is 25.3. The van der Waals surface area contributed by atoms with Gasteiger partial charge in [0.25, 0.3) is 0 Å². The highest BCUT2D eigenvalue weighted by Crippen LogP contribution is 2.27. The van der Waals surface area contributed by atoms with Crippen molar-refractivity contribution >= 4 is 23.2 Å². The summed E-state index contributed by atoms with van der Waals surface area (Å²) in [6.07, 6.45) is 1.70. The number of nitrogens with one attached hydrogen (secondary N) is 1. The van der Waals surface area contributed by atoms with E-state index < -0.39 is 5.82 Å². The molecule has 0 aromatic heterocycles. The average molecular weight is 342 g/mol. The maximum absolute atomic E-state index is 14.0. The molecule has 0 radical (unpaired) electrons. The van der Waals surface area contributed by atoms with E-state index in [2.05, 4.69) is 5.32 Å². The van der Waals surface area contributed by atoms with Crippen molar-refractivity contribution in [3.8, 4) is 5.75 Å². The number of anilines is 2. The van der Waals surface area contributed by atoms with Crippen molar-refractivity contribution in [2.45, 2.75) is 25.7 Å². The number of hydrogen-bond donors (Lipinski definition) is 2. The van der Waals surface area contributed by atoms with Gasteiger partial charge in [-0.25, -0.2) is 4.39 Å². The fraction of sp³-hybridized carbons (Fsp3) is 0.263. The molecule has 1 saturated heterocycles. The van der Waals surface area contributed by atoms with E-state index in [4.69, 9.17) is 0 Å². The first-order valence-electron chi connectivity index (χ1n) is 8.21. The van der Waals surface area contributed by atoms with Gasteiger partial charge in [-0.15, -0.1) is 0 Å². The molecule has 0 saturated carbocycles. The molecule has 5 nitrogen and oxygen atoms in total. The van der Waals surface area contributed by atoms with Gasteiger partial charge >= 0.3 is 0 Å². The van der Waals surface area contributed by atoms with Gasteiger partial charge in [0.05, 0.1) is 5.69 Å². The highest BCUT2D eigenvalue weighted by Gasteiger charge is 2.24. The number of amides is 2. The van der Waals surface area contributed by atoms with E-state index in [0.717, 1.165) is 0 Å². The third-order valence-electron chi connectivity index (χ3n) is 4.21. The van der Waals surface area contributed by atoms with Gasteiger partial charge in [0.2, 0.25) is 11.8 Å². The number of carbonyl (C=O) groups is 2. The third-order valence-corrected chi connectivity index (χ3v) is 4.21. The van der Waals surface area contributed by atoms with Gasteiger partial charge < -0.3 is 15.3 Å². The number of halogens is 1. The molecule has 0 unspecified atom stereocenters. The maximum Gasteiger partial charge on any atom is 0.227 e. The van der Waals surface area contributed by atoms with E-state index in [1.165, 1.54) is 23.1 Å². The first-order valence-corrected chi connectivity index (χ1v) is 8.21. The van der Waals surface area contributed by atoms with Crippen LogP contribution in [0.4, 0.5) is 15.8 Å². The van der Waals surface area contributed by atoms with E-state index >= 15 is 0 Å². The zero-order valence-electron chi connectivity index (χ0n) is 13.7. The summed E-state index contributed by atoms with van der Waals surface area (Å²) >= 11 is 0. The first kappa shape index (κ1) is 17.0. The molecule has 0 bridgehead atoms. The Morgan fingerprint density at radius 1 is 1.24 bits per heavy atom. The van der Waals surface area contributed by atoms with Crippen molar-refractivity contribution in [3.63, 3.8) is 0 Å². The Balaban J connectivity index is 1.65. The minimum atomic E-state index is -0.484. The fourth-order valence-electron chi connectivity index (χ4n) is 2.89. The van der Waals surface area contributed by atoms with E-state index in [1.54, 1.807) is 24.3 Å². The number of rotatable bonds is 5. The number of benzene rings is 2. The molecule has 2 aromatic rings. The van der Waals surface area contributed by atoms with Crippen molar-refractivity contribution < 1.29 is 19.1 Å². The van der Waals surface area contributed by atoms with Gasteiger partial charge in [0, 0.05) is 25.1 Å². The van der Waals surface area contributed by atoms with Crippen LogP contribution in [0.2, 0.25) is 0 Å². The van der Waals surface area contributed by atoms with Crippen LogP contribution in [0.5, 0.6) is 5.75 Å². The maximum atomic E-state index is 14.0. The van der Waals surface area contributed by atoms with E-state index in [0.29, 0.717) is 37.1 Å². The minimum Gasteiger partial charge on any atom is -0.508 e. The Morgan fingerprint density at radius 3 is 2.76 bits per heavy atom. The number of para-hydroxylation sites is 1. The van der Waals surface area contributed by atoms with Crippen molar-refractivity contribution in [1.29, 1.82) is 0 Å². The van der Waals surface area contributed by atoms with Gasteiger partial charge in [-0.3, -0.25) is 9.59 Å². The molecule has 1 heterocycles. The van der Waals surface area contributed by atoms with Gasteiger partial charge in [-0.2, -0.15) is 0 Å². The van der Waals surface area contributed by atoms with Crippen LogP contribution in [-0.4, -0.2) is 23.5 Å². The second-order valence-corrected chi connectivity index (χ2v) is 5.99. The first-order chi connectivity index (χ1) is 12.0. The zero-order valence-corrected chi connectivity index (χ0v) is 13.7. The Bertz CT molecular complexity index is 807. The third kappa shape index (κ3) is 3.96. The topological polar surface area (TPSA) is 69.6 Å². The lowest BCUT2D eigenvalue weighted by molar-refractivity contribution is -0.117. The van der Waals surface area contributed by atoms with E-state index in [9.17, 15) is 19.1 Å². The Kier molecular flexibility index (Phi) is 4.97. The Labute approximate surface area is 145 Å². The van der Waals surface area contributed by atoms with Crippen LogP contribution in [0.3, 0.4) is 0 Å². The summed E-state index contributed by atoms with van der Waals surface area (Å²) in [5.74, 6) is -0.676. The molecule has 1 aliphatic rings. The van der Waals surface area contributed by atoms with Crippen LogP contribution in [-0.2, 0) is 16.0 Å². The molecular weight excluding hydrogens is 323 g/mol. The molecule has 0 spiro atoms. The standard InChI is InChI=1S/C19H19FN2O3/c20-15-9-8-14(12-16(15)22-11-3-6-19(22)25)21-18(24)10-7-13-4-1-2-5-17(13)23/h1-2,4-5,8-9,12,23H,3,6-7,10-11H2,(H,21,24). The SMILES string of the molecule is O=C(CCc1ccccc1O)Nc1ccc(F)c(N2CCCC2=O)c1. The summed E-state index contributed by atoms with van der Waals surface area (Å²) < 4.78 is 14.0. The second kappa shape index (κ2) is 7.34. The summed E-state index contributed by atoms with van der Waals surface area (Å²) in [5.41, 5.74) is 1.33. The average Bonchev–Trinajstić information content (AvgIpc) is 3.02. The van der Waals surface area contributed by atoms with Gasteiger partial charge in [0.15, 0.2) is 0 Å². The van der Waals surface area contributed by atoms with Crippen LogP contribution in [0, 0.1) is 5.82 Å². The molecule has 1 aliphatic heterocycles. The number of aryl methyl sites for hydroxylation is 1. The largest absolute Gasteiger partial charge is 0.508 e. The number of hydrogen-bond acceptors (Lipinski definition) is 3. The lowest BCUT2D eigenvalue weighted by Gasteiger charge is -2.17.